The van der Waals surface area contributed by atoms with Gasteiger partial charge in [-0.2, -0.15) is 4.31 Å². The van der Waals surface area contributed by atoms with Gasteiger partial charge in [0.1, 0.15) is 0 Å². The van der Waals surface area contributed by atoms with Crippen LogP contribution in [0, 0.1) is 0 Å². The average Bonchev–Trinajstić information content (AvgIpc) is 3.25. The third-order valence-electron chi connectivity index (χ3n) is 5.73. The Kier molecular flexibility index (Phi) is 4.67. The van der Waals surface area contributed by atoms with Gasteiger partial charge < -0.3 is 9.47 Å². The quantitative estimate of drug-likeness (QED) is 0.719. The summed E-state index contributed by atoms with van der Waals surface area (Å²) in [7, 11) is -4.17. The number of anilines is 2. The smallest absolute Gasteiger partial charge is 0.297 e. The Hall–Kier alpha value is -2.40. The number of fused-ring (bicyclic) bond motifs is 2. The van der Waals surface area contributed by atoms with Crippen molar-refractivity contribution >= 4 is 27.3 Å². The van der Waals surface area contributed by atoms with Crippen LogP contribution in [-0.4, -0.2) is 50.9 Å². The summed E-state index contributed by atoms with van der Waals surface area (Å²) >= 11 is 0. The summed E-state index contributed by atoms with van der Waals surface area (Å²) in [5.74, 6) is -5.29. The van der Waals surface area contributed by atoms with Crippen molar-refractivity contribution in [3.05, 3.63) is 54.1 Å². The van der Waals surface area contributed by atoms with E-state index < -0.39 is 40.6 Å². The fraction of sp³-hybridized carbons (Fsp3) is 0.381. The van der Waals surface area contributed by atoms with Crippen LogP contribution < -0.4 is 4.90 Å². The third kappa shape index (κ3) is 3.16. The van der Waals surface area contributed by atoms with Crippen LogP contribution in [0.5, 0.6) is 0 Å². The monoisotopic (exact) mass is 450 g/mol. The van der Waals surface area contributed by atoms with Gasteiger partial charge in [0.2, 0.25) is 10.0 Å². The Morgan fingerprint density at radius 3 is 2.35 bits per heavy atom. The molecule has 0 atom stereocenters. The summed E-state index contributed by atoms with van der Waals surface area (Å²) in [5, 5.41) is 0. The molecule has 0 bridgehead atoms. The van der Waals surface area contributed by atoms with E-state index in [1.807, 2.05) is 6.07 Å². The van der Waals surface area contributed by atoms with Crippen LogP contribution in [0.2, 0.25) is 0 Å². The number of amides is 1. The summed E-state index contributed by atoms with van der Waals surface area (Å²) in [5.41, 5.74) is 1.27. The van der Waals surface area contributed by atoms with Crippen LogP contribution in [0.15, 0.2) is 53.4 Å². The van der Waals surface area contributed by atoms with E-state index in [2.05, 4.69) is 0 Å². The number of para-hydroxylation sites is 1. The number of hydrogen-bond acceptors (Lipinski definition) is 5. The molecule has 0 saturated carbocycles. The van der Waals surface area contributed by atoms with E-state index in [0.29, 0.717) is 17.8 Å². The van der Waals surface area contributed by atoms with E-state index in [9.17, 15) is 22.0 Å². The standard InChI is InChI=1S/C21H20F2N2O5S/c22-20(23)9-10-24(14-20)31(27,28)16-7-8-18-17(13-16)21(29-11-4-12-30-21)19(26)25(18)15-5-2-1-3-6-15/h1-3,5-8,13H,4,9-12,14H2. The van der Waals surface area contributed by atoms with Gasteiger partial charge in [-0.25, -0.2) is 17.2 Å². The first-order chi connectivity index (χ1) is 14.7. The second-order valence-electron chi connectivity index (χ2n) is 7.77. The second-order valence-corrected chi connectivity index (χ2v) is 9.70. The van der Waals surface area contributed by atoms with Crippen molar-refractivity contribution < 1.29 is 31.5 Å². The summed E-state index contributed by atoms with van der Waals surface area (Å²) in [6.45, 7) is -0.592. The van der Waals surface area contributed by atoms with Crippen molar-refractivity contribution in [3.8, 4) is 0 Å². The number of ether oxygens (including phenoxy) is 2. The maximum Gasteiger partial charge on any atom is 0.297 e. The summed E-state index contributed by atoms with van der Waals surface area (Å²) in [6.07, 6.45) is 0.0736. The van der Waals surface area contributed by atoms with Gasteiger partial charge in [0.25, 0.3) is 17.6 Å². The minimum Gasteiger partial charge on any atom is -0.338 e. The molecule has 5 rings (SSSR count). The topological polar surface area (TPSA) is 76.2 Å². The molecule has 0 unspecified atom stereocenters. The van der Waals surface area contributed by atoms with Crippen LogP contribution in [0.1, 0.15) is 18.4 Å². The molecule has 2 fully saturated rings. The van der Waals surface area contributed by atoms with E-state index in [1.165, 1.54) is 23.1 Å². The number of benzene rings is 2. The molecule has 2 aromatic carbocycles. The first-order valence-electron chi connectivity index (χ1n) is 9.95. The van der Waals surface area contributed by atoms with Crippen LogP contribution in [-0.2, 0) is 30.1 Å². The third-order valence-corrected chi connectivity index (χ3v) is 7.58. The molecular weight excluding hydrogens is 430 g/mol. The van der Waals surface area contributed by atoms with Crippen LogP contribution >= 0.6 is 0 Å². The van der Waals surface area contributed by atoms with E-state index in [-0.39, 0.29) is 30.2 Å². The van der Waals surface area contributed by atoms with Crippen molar-refractivity contribution in [1.82, 2.24) is 4.31 Å². The molecule has 31 heavy (non-hydrogen) atoms. The fourth-order valence-corrected chi connectivity index (χ4v) is 5.70. The average molecular weight is 450 g/mol. The number of rotatable bonds is 3. The molecule has 1 spiro atoms. The Morgan fingerprint density at radius 1 is 1.00 bits per heavy atom. The lowest BCUT2D eigenvalue weighted by molar-refractivity contribution is -0.256. The largest absolute Gasteiger partial charge is 0.338 e. The first kappa shape index (κ1) is 20.5. The lowest BCUT2D eigenvalue weighted by atomic mass is 10.1. The van der Waals surface area contributed by atoms with E-state index in [0.717, 1.165) is 4.31 Å². The lowest BCUT2D eigenvalue weighted by Crippen LogP contribution is -2.46. The molecule has 0 radical (unpaired) electrons. The fourth-order valence-electron chi connectivity index (χ4n) is 4.21. The van der Waals surface area contributed by atoms with Gasteiger partial charge in [-0.3, -0.25) is 9.69 Å². The molecule has 3 aliphatic heterocycles. The second kappa shape index (κ2) is 7.06. The number of carbonyl (C=O) groups excluding carboxylic acids is 1. The minimum atomic E-state index is -4.17. The van der Waals surface area contributed by atoms with Gasteiger partial charge in [0.15, 0.2) is 0 Å². The van der Waals surface area contributed by atoms with Gasteiger partial charge in [0, 0.05) is 24.2 Å². The van der Waals surface area contributed by atoms with E-state index >= 15 is 0 Å². The number of hydrogen-bond donors (Lipinski definition) is 0. The highest BCUT2D eigenvalue weighted by atomic mass is 32.2. The molecule has 0 N–H and O–H groups in total. The number of alkyl halides is 2. The Morgan fingerprint density at radius 2 is 1.71 bits per heavy atom. The molecule has 0 aromatic heterocycles. The summed E-state index contributed by atoms with van der Waals surface area (Å²) in [4.78, 5) is 14.7. The van der Waals surface area contributed by atoms with Gasteiger partial charge >= 0.3 is 0 Å². The Bertz CT molecular complexity index is 1130. The number of sulfonamides is 1. The molecular formula is C21H20F2N2O5S. The predicted octanol–water partition coefficient (Wildman–Crippen LogP) is 2.98. The molecule has 1 amide bonds. The maximum atomic E-state index is 13.6. The highest BCUT2D eigenvalue weighted by Crippen LogP contribution is 2.49. The maximum absolute atomic E-state index is 13.6. The molecule has 7 nitrogen and oxygen atoms in total. The van der Waals surface area contributed by atoms with Crippen molar-refractivity contribution in [1.29, 1.82) is 0 Å². The summed E-state index contributed by atoms with van der Waals surface area (Å²) in [6, 6.07) is 13.0. The van der Waals surface area contributed by atoms with Crippen LogP contribution in [0.4, 0.5) is 20.2 Å². The van der Waals surface area contributed by atoms with E-state index in [1.54, 1.807) is 24.3 Å². The first-order valence-corrected chi connectivity index (χ1v) is 11.4. The van der Waals surface area contributed by atoms with Crippen molar-refractivity contribution in [2.24, 2.45) is 0 Å². The number of carbonyl (C=O) groups is 1. The van der Waals surface area contributed by atoms with Crippen molar-refractivity contribution in [2.75, 3.05) is 31.2 Å². The molecule has 164 valence electrons. The zero-order valence-electron chi connectivity index (χ0n) is 16.5. The van der Waals surface area contributed by atoms with Gasteiger partial charge in [-0.15, -0.1) is 0 Å². The molecule has 0 aliphatic carbocycles. The highest BCUT2D eigenvalue weighted by Gasteiger charge is 2.56. The normalized spacial score (nSPS) is 22.8. The number of nitrogens with zero attached hydrogens (tertiary/aromatic N) is 2. The zero-order chi connectivity index (χ0) is 21.9. The lowest BCUT2D eigenvalue weighted by Gasteiger charge is -2.32. The van der Waals surface area contributed by atoms with Gasteiger partial charge in [0.05, 0.1) is 30.3 Å². The SMILES string of the molecule is O=C1N(c2ccccc2)c2ccc(S(=O)(=O)N3CCC(F)(F)C3)cc2C12OCCCO2. The Balaban J connectivity index is 1.62. The molecule has 2 aromatic rings. The number of halogens is 2. The minimum absolute atomic E-state index is 0.177. The highest BCUT2D eigenvalue weighted by molar-refractivity contribution is 7.89. The predicted molar refractivity (Wildman–Crippen MR) is 107 cm³/mol. The molecule has 2 saturated heterocycles. The molecule has 3 aliphatic rings. The zero-order valence-corrected chi connectivity index (χ0v) is 17.3. The summed E-state index contributed by atoms with van der Waals surface area (Å²) < 4.78 is 65.7. The molecule has 10 heteroatoms. The van der Waals surface area contributed by atoms with E-state index in [4.69, 9.17) is 9.47 Å². The van der Waals surface area contributed by atoms with Crippen molar-refractivity contribution in [3.63, 3.8) is 0 Å². The van der Waals surface area contributed by atoms with Gasteiger partial charge in [-0.1, -0.05) is 18.2 Å². The van der Waals surface area contributed by atoms with Crippen molar-refractivity contribution in [2.45, 2.75) is 29.4 Å². The molecule has 3 heterocycles. The van der Waals surface area contributed by atoms with Crippen LogP contribution in [0.3, 0.4) is 0 Å². The van der Waals surface area contributed by atoms with Gasteiger partial charge in [-0.05, 0) is 36.8 Å². The van der Waals surface area contributed by atoms with Crippen LogP contribution in [0.25, 0.3) is 0 Å². The Labute approximate surface area is 178 Å².